The monoisotopic (exact) mass is 288 g/mol. The van der Waals surface area contributed by atoms with Crippen molar-refractivity contribution in [1.29, 1.82) is 0 Å². The highest BCUT2D eigenvalue weighted by molar-refractivity contribution is 5.88. The van der Waals surface area contributed by atoms with Crippen molar-refractivity contribution in [2.75, 3.05) is 39.8 Å². The zero-order valence-electron chi connectivity index (χ0n) is 12.2. The Labute approximate surface area is 123 Å². The predicted octanol–water partition coefficient (Wildman–Crippen LogP) is 0.822. The molecule has 21 heavy (non-hydrogen) atoms. The first kappa shape index (κ1) is 14.0. The Morgan fingerprint density at radius 3 is 2.81 bits per heavy atom. The first-order valence-electron chi connectivity index (χ1n) is 7.23. The molecule has 6 nitrogen and oxygen atoms in total. The molecule has 3 rings (SSSR count). The lowest BCUT2D eigenvalue weighted by molar-refractivity contribution is 0.0697. The van der Waals surface area contributed by atoms with Crippen molar-refractivity contribution in [3.05, 3.63) is 35.8 Å². The molecular weight excluding hydrogens is 268 g/mol. The molecule has 0 aliphatic carbocycles. The first-order valence-corrected chi connectivity index (χ1v) is 7.23. The van der Waals surface area contributed by atoms with Crippen LogP contribution in [0.15, 0.2) is 24.5 Å². The Bertz CT molecular complexity index is 644. The van der Waals surface area contributed by atoms with Crippen molar-refractivity contribution in [1.82, 2.24) is 19.2 Å². The number of carboxylic acids is 1. The second-order valence-corrected chi connectivity index (χ2v) is 5.61. The van der Waals surface area contributed by atoms with E-state index in [-0.39, 0.29) is 5.56 Å². The van der Waals surface area contributed by atoms with E-state index in [1.807, 2.05) is 10.6 Å². The third kappa shape index (κ3) is 3.22. The van der Waals surface area contributed by atoms with Gasteiger partial charge in [0, 0.05) is 51.5 Å². The van der Waals surface area contributed by atoms with Crippen LogP contribution in [0.5, 0.6) is 0 Å². The maximum atomic E-state index is 11.0. The van der Waals surface area contributed by atoms with Crippen LogP contribution in [-0.2, 0) is 6.42 Å². The number of hydrogen-bond donors (Lipinski definition) is 1. The fraction of sp³-hybridized carbons (Fsp3) is 0.467. The first-order chi connectivity index (χ1) is 10.1. The van der Waals surface area contributed by atoms with Gasteiger partial charge in [-0.3, -0.25) is 0 Å². The third-order valence-corrected chi connectivity index (χ3v) is 4.04. The molecule has 0 unspecified atom stereocenters. The van der Waals surface area contributed by atoms with Crippen molar-refractivity contribution in [3.63, 3.8) is 0 Å². The van der Waals surface area contributed by atoms with Crippen LogP contribution in [0.25, 0.3) is 5.65 Å². The average Bonchev–Trinajstić information content (AvgIpc) is 2.88. The normalized spacial score (nSPS) is 17.4. The molecule has 1 saturated heterocycles. The summed E-state index contributed by atoms with van der Waals surface area (Å²) in [6.45, 7) is 5.45. The van der Waals surface area contributed by atoms with Gasteiger partial charge in [0.05, 0.1) is 11.3 Å². The van der Waals surface area contributed by atoms with E-state index < -0.39 is 5.97 Å². The molecule has 0 aromatic carbocycles. The number of likely N-dealkylation sites (N-methyl/N-ethyl adjacent to an activating group) is 1. The second kappa shape index (κ2) is 5.83. The summed E-state index contributed by atoms with van der Waals surface area (Å²) >= 11 is 0. The summed E-state index contributed by atoms with van der Waals surface area (Å²) < 4.78 is 1.88. The van der Waals surface area contributed by atoms with Crippen LogP contribution < -0.4 is 0 Å². The van der Waals surface area contributed by atoms with Gasteiger partial charge in [0.25, 0.3) is 0 Å². The molecule has 2 aromatic rings. The molecule has 0 spiro atoms. The highest BCUT2D eigenvalue weighted by atomic mass is 16.4. The summed E-state index contributed by atoms with van der Waals surface area (Å²) in [6, 6.07) is 3.21. The summed E-state index contributed by atoms with van der Waals surface area (Å²) in [5, 5.41) is 9.00. The van der Waals surface area contributed by atoms with Crippen molar-refractivity contribution < 1.29 is 9.90 Å². The maximum Gasteiger partial charge on any atom is 0.335 e. The van der Waals surface area contributed by atoms with Gasteiger partial charge in [-0.15, -0.1) is 0 Å². The number of pyridine rings is 1. The number of piperazine rings is 1. The number of imidazole rings is 1. The van der Waals surface area contributed by atoms with Crippen LogP contribution in [0, 0.1) is 0 Å². The van der Waals surface area contributed by atoms with Crippen LogP contribution in [-0.4, -0.2) is 70.0 Å². The Morgan fingerprint density at radius 1 is 1.33 bits per heavy atom. The minimum atomic E-state index is -0.917. The minimum Gasteiger partial charge on any atom is -0.478 e. The Hall–Kier alpha value is -1.92. The lowest BCUT2D eigenvalue weighted by Crippen LogP contribution is -2.45. The van der Waals surface area contributed by atoms with Gasteiger partial charge in [-0.2, -0.15) is 0 Å². The highest BCUT2D eigenvalue weighted by Gasteiger charge is 2.14. The SMILES string of the molecule is CN1CCN(CCc2cn3ccc(C(=O)O)cc3n2)CC1. The molecule has 1 aliphatic rings. The molecular formula is C15H20N4O2. The van der Waals surface area contributed by atoms with Crippen molar-refractivity contribution in [2.24, 2.45) is 0 Å². The molecule has 0 atom stereocenters. The van der Waals surface area contributed by atoms with Gasteiger partial charge in [-0.25, -0.2) is 9.78 Å². The fourth-order valence-corrected chi connectivity index (χ4v) is 2.63. The van der Waals surface area contributed by atoms with E-state index in [1.54, 1.807) is 18.3 Å². The standard InChI is InChI=1S/C15H20N4O2/c1-17-6-8-18(9-7-17)4-3-13-11-19-5-2-12(15(20)21)10-14(19)16-13/h2,5,10-11H,3-4,6-9H2,1H3,(H,20,21). The number of carbonyl (C=O) groups is 1. The zero-order chi connectivity index (χ0) is 14.8. The molecule has 2 aromatic heterocycles. The number of aromatic carboxylic acids is 1. The molecule has 0 saturated carbocycles. The minimum absolute atomic E-state index is 0.277. The number of carboxylic acid groups (broad SMARTS) is 1. The van der Waals surface area contributed by atoms with Gasteiger partial charge < -0.3 is 19.3 Å². The maximum absolute atomic E-state index is 11.0. The second-order valence-electron chi connectivity index (χ2n) is 5.61. The zero-order valence-corrected chi connectivity index (χ0v) is 12.2. The van der Waals surface area contributed by atoms with Gasteiger partial charge in [-0.1, -0.05) is 0 Å². The van der Waals surface area contributed by atoms with Gasteiger partial charge >= 0.3 is 5.97 Å². The summed E-state index contributed by atoms with van der Waals surface area (Å²) in [7, 11) is 2.15. The topological polar surface area (TPSA) is 61.1 Å². The van der Waals surface area contributed by atoms with Crippen LogP contribution >= 0.6 is 0 Å². The molecule has 0 amide bonds. The molecule has 0 bridgehead atoms. The van der Waals surface area contributed by atoms with Crippen LogP contribution in [0.1, 0.15) is 16.1 Å². The van der Waals surface area contributed by atoms with E-state index in [0.717, 1.165) is 44.8 Å². The molecule has 1 fully saturated rings. The third-order valence-electron chi connectivity index (χ3n) is 4.04. The molecule has 1 N–H and O–H groups in total. The van der Waals surface area contributed by atoms with Crippen molar-refractivity contribution in [2.45, 2.75) is 6.42 Å². The largest absolute Gasteiger partial charge is 0.478 e. The lowest BCUT2D eigenvalue weighted by atomic mass is 10.2. The Morgan fingerprint density at radius 2 is 2.10 bits per heavy atom. The van der Waals surface area contributed by atoms with Crippen LogP contribution in [0.4, 0.5) is 0 Å². The van der Waals surface area contributed by atoms with E-state index in [1.165, 1.54) is 0 Å². The number of aromatic nitrogens is 2. The fourth-order valence-electron chi connectivity index (χ4n) is 2.63. The Kier molecular flexibility index (Phi) is 3.90. The molecule has 6 heteroatoms. The summed E-state index contributed by atoms with van der Waals surface area (Å²) in [5.74, 6) is -0.917. The van der Waals surface area contributed by atoms with Crippen LogP contribution in [0.3, 0.4) is 0 Å². The Balaban J connectivity index is 1.66. The summed E-state index contributed by atoms with van der Waals surface area (Å²) in [5.41, 5.74) is 1.98. The number of rotatable bonds is 4. The van der Waals surface area contributed by atoms with Gasteiger partial charge in [-0.05, 0) is 19.2 Å². The van der Waals surface area contributed by atoms with Gasteiger partial charge in [0.1, 0.15) is 5.65 Å². The van der Waals surface area contributed by atoms with Crippen LogP contribution in [0.2, 0.25) is 0 Å². The van der Waals surface area contributed by atoms with E-state index >= 15 is 0 Å². The number of nitrogens with zero attached hydrogens (tertiary/aromatic N) is 4. The van der Waals surface area contributed by atoms with Gasteiger partial charge in [0.15, 0.2) is 0 Å². The number of fused-ring (bicyclic) bond motifs is 1. The van der Waals surface area contributed by atoms with Crippen molar-refractivity contribution in [3.8, 4) is 0 Å². The van der Waals surface area contributed by atoms with E-state index in [9.17, 15) is 4.79 Å². The van der Waals surface area contributed by atoms with Crippen molar-refractivity contribution >= 4 is 11.6 Å². The summed E-state index contributed by atoms with van der Waals surface area (Å²) in [4.78, 5) is 20.3. The van der Waals surface area contributed by atoms with Gasteiger partial charge in [0.2, 0.25) is 0 Å². The molecule has 112 valence electrons. The summed E-state index contributed by atoms with van der Waals surface area (Å²) in [6.07, 6.45) is 4.63. The lowest BCUT2D eigenvalue weighted by Gasteiger charge is -2.32. The van der Waals surface area contributed by atoms with E-state index in [4.69, 9.17) is 5.11 Å². The molecule has 0 radical (unpaired) electrons. The molecule has 1 aliphatic heterocycles. The predicted molar refractivity (Wildman–Crippen MR) is 79.8 cm³/mol. The number of hydrogen-bond acceptors (Lipinski definition) is 4. The van der Waals surface area contributed by atoms with E-state index in [0.29, 0.717) is 5.65 Å². The average molecular weight is 288 g/mol. The van der Waals surface area contributed by atoms with E-state index in [2.05, 4.69) is 21.8 Å². The smallest absolute Gasteiger partial charge is 0.335 e. The quantitative estimate of drug-likeness (QED) is 0.902. The highest BCUT2D eigenvalue weighted by Crippen LogP contribution is 2.10. The molecule has 3 heterocycles.